The smallest absolute Gasteiger partial charge is 0.267 e. The number of aromatic nitrogens is 2. The van der Waals surface area contributed by atoms with Crippen molar-refractivity contribution in [2.45, 2.75) is 13.3 Å². The average Bonchev–Trinajstić information content (AvgIpc) is 2.84. The van der Waals surface area contributed by atoms with Crippen LogP contribution in [0.4, 0.5) is 0 Å². The molecule has 0 aliphatic carbocycles. The SMILES string of the molecule is Cc1nnsc1C(=O)N1CCC(CBr)C1. The van der Waals surface area contributed by atoms with Crippen LogP contribution >= 0.6 is 27.5 Å². The van der Waals surface area contributed by atoms with Crippen molar-refractivity contribution in [1.29, 1.82) is 0 Å². The summed E-state index contributed by atoms with van der Waals surface area (Å²) in [4.78, 5) is 14.6. The molecule has 0 N–H and O–H groups in total. The van der Waals surface area contributed by atoms with Crippen LogP contribution in [0.2, 0.25) is 0 Å². The van der Waals surface area contributed by atoms with Crippen LogP contribution in [-0.2, 0) is 0 Å². The number of nitrogens with zero attached hydrogens (tertiary/aromatic N) is 3. The topological polar surface area (TPSA) is 46.1 Å². The maximum absolute atomic E-state index is 12.0. The minimum absolute atomic E-state index is 0.0888. The van der Waals surface area contributed by atoms with Crippen molar-refractivity contribution in [2.75, 3.05) is 18.4 Å². The first kappa shape index (κ1) is 11.0. The highest BCUT2D eigenvalue weighted by Gasteiger charge is 2.28. The van der Waals surface area contributed by atoms with Gasteiger partial charge in [0, 0.05) is 18.4 Å². The van der Waals surface area contributed by atoms with Crippen LogP contribution in [0, 0.1) is 12.8 Å². The number of carbonyl (C=O) groups is 1. The molecule has 1 aliphatic rings. The molecule has 1 aliphatic heterocycles. The van der Waals surface area contributed by atoms with Crippen LogP contribution in [0.15, 0.2) is 0 Å². The van der Waals surface area contributed by atoms with Crippen molar-refractivity contribution in [2.24, 2.45) is 5.92 Å². The van der Waals surface area contributed by atoms with Gasteiger partial charge in [-0.05, 0) is 30.8 Å². The lowest BCUT2D eigenvalue weighted by atomic mass is 10.2. The van der Waals surface area contributed by atoms with Crippen molar-refractivity contribution in [3.05, 3.63) is 10.6 Å². The quantitative estimate of drug-likeness (QED) is 0.779. The second kappa shape index (κ2) is 4.57. The molecule has 2 rings (SSSR count). The maximum Gasteiger partial charge on any atom is 0.267 e. The van der Waals surface area contributed by atoms with Gasteiger partial charge in [0.15, 0.2) is 0 Å². The normalized spacial score (nSPS) is 20.9. The molecule has 1 unspecified atom stereocenters. The summed E-state index contributed by atoms with van der Waals surface area (Å²) in [6.07, 6.45) is 1.09. The first-order valence-corrected chi connectivity index (χ1v) is 6.76. The Morgan fingerprint density at radius 3 is 3.07 bits per heavy atom. The highest BCUT2D eigenvalue weighted by Crippen LogP contribution is 2.22. The lowest BCUT2D eigenvalue weighted by Gasteiger charge is -2.14. The lowest BCUT2D eigenvalue weighted by Crippen LogP contribution is -2.28. The Hall–Kier alpha value is -0.490. The van der Waals surface area contributed by atoms with E-state index in [1.165, 1.54) is 11.5 Å². The molecule has 6 heteroatoms. The third-order valence-electron chi connectivity index (χ3n) is 2.64. The lowest BCUT2D eigenvalue weighted by molar-refractivity contribution is 0.0792. The first-order valence-electron chi connectivity index (χ1n) is 4.86. The van der Waals surface area contributed by atoms with Gasteiger partial charge in [-0.25, -0.2) is 0 Å². The van der Waals surface area contributed by atoms with E-state index in [4.69, 9.17) is 0 Å². The fourth-order valence-corrected chi connectivity index (χ4v) is 2.87. The van der Waals surface area contributed by atoms with Gasteiger partial charge in [0.05, 0.1) is 5.69 Å². The van der Waals surface area contributed by atoms with Gasteiger partial charge in [0.2, 0.25) is 0 Å². The molecule has 1 aromatic rings. The van der Waals surface area contributed by atoms with E-state index in [9.17, 15) is 4.79 Å². The molecule has 0 saturated carbocycles. The third kappa shape index (κ3) is 2.20. The Kier molecular flexibility index (Phi) is 3.35. The molecule has 2 heterocycles. The van der Waals surface area contributed by atoms with E-state index in [1.807, 2.05) is 11.8 Å². The first-order chi connectivity index (χ1) is 7.22. The molecule has 1 fully saturated rings. The van der Waals surface area contributed by atoms with Crippen molar-refractivity contribution >= 4 is 33.4 Å². The Morgan fingerprint density at radius 2 is 2.53 bits per heavy atom. The van der Waals surface area contributed by atoms with Crippen LogP contribution < -0.4 is 0 Å². The molecular formula is C9H12BrN3OS. The highest BCUT2D eigenvalue weighted by atomic mass is 79.9. The van der Waals surface area contributed by atoms with Gasteiger partial charge in [0.1, 0.15) is 4.88 Å². The molecule has 1 saturated heterocycles. The van der Waals surface area contributed by atoms with E-state index in [-0.39, 0.29) is 5.91 Å². The monoisotopic (exact) mass is 289 g/mol. The van der Waals surface area contributed by atoms with Gasteiger partial charge in [0.25, 0.3) is 5.91 Å². The van der Waals surface area contributed by atoms with Crippen molar-refractivity contribution in [1.82, 2.24) is 14.5 Å². The summed E-state index contributed by atoms with van der Waals surface area (Å²) >= 11 is 4.65. The van der Waals surface area contributed by atoms with Gasteiger partial charge < -0.3 is 4.90 Å². The molecule has 1 atom stereocenters. The largest absolute Gasteiger partial charge is 0.338 e. The maximum atomic E-state index is 12.0. The number of amides is 1. The number of carbonyl (C=O) groups excluding carboxylic acids is 1. The second-order valence-electron chi connectivity index (χ2n) is 3.75. The zero-order chi connectivity index (χ0) is 10.8. The van der Waals surface area contributed by atoms with E-state index in [0.29, 0.717) is 10.8 Å². The van der Waals surface area contributed by atoms with Gasteiger partial charge in [-0.15, -0.1) is 5.10 Å². The Labute approximate surface area is 101 Å². The van der Waals surface area contributed by atoms with E-state index >= 15 is 0 Å². The van der Waals surface area contributed by atoms with Crippen LogP contribution in [0.25, 0.3) is 0 Å². The van der Waals surface area contributed by atoms with Crippen LogP contribution in [-0.4, -0.2) is 38.8 Å². The number of rotatable bonds is 2. The number of alkyl halides is 1. The second-order valence-corrected chi connectivity index (χ2v) is 5.15. The number of hydrogen-bond donors (Lipinski definition) is 0. The van der Waals surface area contributed by atoms with Gasteiger partial charge in [-0.1, -0.05) is 20.4 Å². The molecule has 0 bridgehead atoms. The van der Waals surface area contributed by atoms with E-state index in [1.54, 1.807) is 0 Å². The molecule has 15 heavy (non-hydrogen) atoms. The summed E-state index contributed by atoms with van der Waals surface area (Å²) in [6, 6.07) is 0. The van der Waals surface area contributed by atoms with E-state index in [2.05, 4.69) is 25.5 Å². The fourth-order valence-electron chi connectivity index (χ4n) is 1.71. The molecule has 1 amide bonds. The number of hydrogen-bond acceptors (Lipinski definition) is 4. The minimum atomic E-state index is 0.0888. The Bertz CT molecular complexity index is 368. The average molecular weight is 290 g/mol. The third-order valence-corrected chi connectivity index (χ3v) is 4.37. The summed E-state index contributed by atoms with van der Waals surface area (Å²) in [5.74, 6) is 0.682. The van der Waals surface area contributed by atoms with Gasteiger partial charge >= 0.3 is 0 Å². The molecule has 4 nitrogen and oxygen atoms in total. The van der Waals surface area contributed by atoms with Crippen molar-refractivity contribution in [3.8, 4) is 0 Å². The Balaban J connectivity index is 2.07. The van der Waals surface area contributed by atoms with Crippen LogP contribution in [0.3, 0.4) is 0 Å². The minimum Gasteiger partial charge on any atom is -0.338 e. The van der Waals surface area contributed by atoms with Gasteiger partial charge in [-0.3, -0.25) is 4.79 Å². The zero-order valence-electron chi connectivity index (χ0n) is 8.44. The highest BCUT2D eigenvalue weighted by molar-refractivity contribution is 9.09. The molecule has 0 spiro atoms. The van der Waals surface area contributed by atoms with Crippen LogP contribution in [0.5, 0.6) is 0 Å². The molecule has 82 valence electrons. The molecule has 0 aromatic carbocycles. The predicted octanol–water partition coefficient (Wildman–Crippen LogP) is 1.70. The van der Waals surface area contributed by atoms with E-state index < -0.39 is 0 Å². The molecule has 0 radical (unpaired) electrons. The summed E-state index contributed by atoms with van der Waals surface area (Å²) in [5.41, 5.74) is 0.743. The summed E-state index contributed by atoms with van der Waals surface area (Å²) in [7, 11) is 0. The predicted molar refractivity (Wildman–Crippen MR) is 62.5 cm³/mol. The fraction of sp³-hybridized carbons (Fsp3) is 0.667. The summed E-state index contributed by atoms with van der Waals surface area (Å²) in [6.45, 7) is 3.53. The standard InChI is InChI=1S/C9H12BrN3OS/c1-6-8(15-12-11-6)9(14)13-3-2-7(4-10)5-13/h7H,2-5H2,1H3. The van der Waals surface area contributed by atoms with Gasteiger partial charge in [-0.2, -0.15) is 0 Å². The number of aryl methyl sites for hydroxylation is 1. The number of halogens is 1. The molecular weight excluding hydrogens is 278 g/mol. The zero-order valence-corrected chi connectivity index (χ0v) is 10.8. The van der Waals surface area contributed by atoms with E-state index in [0.717, 1.165) is 30.5 Å². The van der Waals surface area contributed by atoms with Crippen molar-refractivity contribution in [3.63, 3.8) is 0 Å². The van der Waals surface area contributed by atoms with Crippen LogP contribution in [0.1, 0.15) is 21.8 Å². The van der Waals surface area contributed by atoms with Crippen molar-refractivity contribution < 1.29 is 4.79 Å². The summed E-state index contributed by atoms with van der Waals surface area (Å²) in [5, 5.41) is 4.83. The summed E-state index contributed by atoms with van der Waals surface area (Å²) < 4.78 is 3.79. The molecule has 1 aromatic heterocycles. The number of likely N-dealkylation sites (tertiary alicyclic amines) is 1. The Morgan fingerprint density at radius 1 is 1.73 bits per heavy atom.